The smallest absolute Gasteiger partial charge is 0.330 e. The molecule has 24 nitrogen and oxygen atoms in total. The van der Waals surface area contributed by atoms with Crippen LogP contribution in [0.15, 0.2) is 60.4 Å². The normalized spacial score (nSPS) is 34.4. The average Bonchev–Trinajstić information content (AvgIpc) is 3.30. The van der Waals surface area contributed by atoms with E-state index < -0.39 is 147 Å². The van der Waals surface area contributed by atoms with E-state index >= 15 is 0 Å². The van der Waals surface area contributed by atoms with Crippen molar-refractivity contribution in [2.24, 2.45) is 0 Å². The van der Waals surface area contributed by atoms with Gasteiger partial charge in [0.2, 0.25) is 24.6 Å². The minimum Gasteiger partial charge on any atom is -0.571 e. The number of aliphatic hydroxyl groups is 12. The van der Waals surface area contributed by atoms with Crippen LogP contribution in [0, 0.1) is 0 Å². The van der Waals surface area contributed by atoms with Crippen molar-refractivity contribution >= 4 is 18.1 Å². The van der Waals surface area contributed by atoms with E-state index in [9.17, 15) is 81.4 Å². The second-order valence-corrected chi connectivity index (χ2v) is 15.7. The Hall–Kier alpha value is -5.55. The fraction of sp³-hybridized carbons (Fsp3) is 0.452. The Bertz CT molecular complexity index is 2230. The summed E-state index contributed by atoms with van der Waals surface area (Å²) in [6.07, 6.45) is -24.8. The molecular weight excluding hydrogens is 888 g/mol. The summed E-state index contributed by atoms with van der Waals surface area (Å²) in [5, 5.41) is 157. The molecule has 0 aromatic heterocycles. The number of fused-ring (bicyclic) bond motifs is 1. The fourth-order valence-corrected chi connectivity index (χ4v) is 7.40. The number of aliphatic hydroxyl groups excluding tert-OH is 11. The molecule has 3 saturated heterocycles. The van der Waals surface area contributed by atoms with Crippen LogP contribution in [-0.4, -0.2) is 199 Å². The number of phenols is 4. The van der Waals surface area contributed by atoms with Gasteiger partial charge >= 0.3 is 5.97 Å². The molecule has 0 saturated carbocycles. The first-order valence-corrected chi connectivity index (χ1v) is 20.2. The van der Waals surface area contributed by atoms with Crippen LogP contribution in [0.4, 0.5) is 0 Å². The molecule has 4 heterocycles. The molecule has 3 aromatic carbocycles. The topological polar surface area (TPSA) is 398 Å². The quantitative estimate of drug-likeness (QED) is 0.0339. The number of carbonyl (C=O) groups excluding carboxylic acids is 1. The van der Waals surface area contributed by atoms with Crippen LogP contribution in [-0.2, 0) is 28.5 Å². The predicted molar refractivity (Wildman–Crippen MR) is 215 cm³/mol. The Morgan fingerprint density at radius 3 is 1.71 bits per heavy atom. The zero-order chi connectivity index (χ0) is 47.7. The van der Waals surface area contributed by atoms with Crippen LogP contribution in [0.3, 0.4) is 0 Å². The van der Waals surface area contributed by atoms with Crippen LogP contribution >= 0.6 is 0 Å². The van der Waals surface area contributed by atoms with Gasteiger partial charge in [-0.3, -0.25) is 0 Å². The molecule has 0 spiro atoms. The van der Waals surface area contributed by atoms with Crippen molar-refractivity contribution in [1.29, 1.82) is 0 Å². The van der Waals surface area contributed by atoms with Crippen molar-refractivity contribution in [3.05, 3.63) is 77.1 Å². The number of ether oxygens (including phenoxy) is 8. The third-order valence-corrected chi connectivity index (χ3v) is 11.1. The van der Waals surface area contributed by atoms with E-state index in [1.54, 1.807) is 0 Å². The van der Waals surface area contributed by atoms with Crippen LogP contribution < -0.4 is 9.47 Å². The highest BCUT2D eigenvalue weighted by Gasteiger charge is 2.49. The number of benzene rings is 3. The summed E-state index contributed by atoms with van der Waals surface area (Å²) in [5.74, 6) is -4.56. The number of hydrogen-bond donors (Lipinski definition) is 15. The van der Waals surface area contributed by atoms with Gasteiger partial charge in [0.25, 0.3) is 11.9 Å². The summed E-state index contributed by atoms with van der Waals surface area (Å²) in [5.41, 5.74) is 0.361. The molecule has 3 aromatic rings. The monoisotopic (exact) mass is 937 g/mol. The van der Waals surface area contributed by atoms with Crippen LogP contribution in [0.1, 0.15) is 22.8 Å². The summed E-state index contributed by atoms with van der Waals surface area (Å²) >= 11 is 0. The summed E-state index contributed by atoms with van der Waals surface area (Å²) in [6, 6.07) is 10.1. The van der Waals surface area contributed by atoms with Gasteiger partial charge in [0.05, 0.1) is 24.8 Å². The van der Waals surface area contributed by atoms with Gasteiger partial charge in [-0.2, -0.15) is 0 Å². The third kappa shape index (κ3) is 10.1. The lowest BCUT2D eigenvalue weighted by molar-refractivity contribution is -0.295. The number of esters is 1. The Balaban J connectivity index is 1.19. The first-order chi connectivity index (χ1) is 31.4. The average molecular weight is 938 g/mol. The van der Waals surface area contributed by atoms with Crippen molar-refractivity contribution in [2.45, 2.75) is 98.2 Å². The lowest BCUT2D eigenvalue weighted by atomic mass is 9.98. The van der Waals surface area contributed by atoms with E-state index in [2.05, 4.69) is 4.74 Å². The SMILES string of the molecule is O=C(C=Cc1ccc(O)cc1)OCC1OC(Oc2cc(O)cc3c2C=C(OC2OC(CO)C(O)C(O)C2O)C(c2cc(O)c(O)c(OC4OC(CO)C(O)C(O)C4O)c2)[OH+]3)C(O)C(O)C1O. The maximum atomic E-state index is 12.5. The molecule has 4 aliphatic rings. The first-order valence-electron chi connectivity index (χ1n) is 20.2. The lowest BCUT2D eigenvalue weighted by Gasteiger charge is -2.41. The van der Waals surface area contributed by atoms with Crippen LogP contribution in [0.25, 0.3) is 12.2 Å². The van der Waals surface area contributed by atoms with Crippen molar-refractivity contribution in [2.75, 3.05) is 19.8 Å². The van der Waals surface area contributed by atoms with Gasteiger partial charge in [-0.25, -0.2) is 4.79 Å². The highest BCUT2D eigenvalue weighted by Crippen LogP contribution is 2.49. The van der Waals surface area contributed by atoms with Gasteiger partial charge in [0.1, 0.15) is 103 Å². The highest BCUT2D eigenvalue weighted by molar-refractivity contribution is 5.87. The third-order valence-electron chi connectivity index (χ3n) is 11.1. The molecule has 7 rings (SSSR count). The van der Waals surface area contributed by atoms with Gasteiger partial charge in [0, 0.05) is 18.2 Å². The number of phenolic OH excluding ortho intramolecular Hbond substituents is 4. The molecule has 16 N–H and O–H groups in total. The minimum atomic E-state index is -1.98. The summed E-state index contributed by atoms with van der Waals surface area (Å²) in [6.45, 7) is -2.32. The van der Waals surface area contributed by atoms with E-state index in [0.717, 1.165) is 30.3 Å². The second-order valence-electron chi connectivity index (χ2n) is 15.7. The second kappa shape index (κ2) is 20.1. The van der Waals surface area contributed by atoms with E-state index in [4.69, 9.17) is 33.2 Å². The van der Waals surface area contributed by atoms with Crippen LogP contribution in [0.5, 0.6) is 40.2 Å². The Morgan fingerprint density at radius 1 is 0.606 bits per heavy atom. The number of carbonyl (C=O) groups is 1. The molecule has 16 unspecified atom stereocenters. The molecule has 16 atom stereocenters. The Labute approximate surface area is 372 Å². The molecule has 0 amide bonds. The number of aromatic hydroxyl groups is 5. The van der Waals surface area contributed by atoms with Crippen molar-refractivity contribution in [3.8, 4) is 40.2 Å². The molecule has 66 heavy (non-hydrogen) atoms. The van der Waals surface area contributed by atoms with Crippen molar-refractivity contribution in [1.82, 2.24) is 0 Å². The minimum absolute atomic E-state index is 0.00731. The predicted octanol–water partition coefficient (Wildman–Crippen LogP) is -3.72. The van der Waals surface area contributed by atoms with E-state index in [0.29, 0.717) is 5.56 Å². The maximum Gasteiger partial charge on any atom is 0.330 e. The van der Waals surface area contributed by atoms with Gasteiger partial charge in [0.15, 0.2) is 17.3 Å². The molecule has 0 aliphatic carbocycles. The van der Waals surface area contributed by atoms with Gasteiger partial charge in [-0.15, -0.1) is 0 Å². The van der Waals surface area contributed by atoms with Gasteiger partial charge < -0.3 is 114 Å². The van der Waals surface area contributed by atoms with Crippen molar-refractivity contribution < 1.29 is 119 Å². The summed E-state index contributed by atoms with van der Waals surface area (Å²) in [4.78, 5) is 12.5. The maximum absolute atomic E-state index is 12.5. The lowest BCUT2D eigenvalue weighted by Crippen LogP contribution is -2.60. The van der Waals surface area contributed by atoms with Crippen molar-refractivity contribution in [3.63, 3.8) is 0 Å². The zero-order valence-electron chi connectivity index (χ0n) is 34.1. The fourth-order valence-electron chi connectivity index (χ4n) is 7.40. The van der Waals surface area contributed by atoms with Gasteiger partial charge in [-0.05, 0) is 35.9 Å². The highest BCUT2D eigenvalue weighted by atomic mass is 16.7. The van der Waals surface area contributed by atoms with Gasteiger partial charge in [-0.1, -0.05) is 12.1 Å². The van der Waals surface area contributed by atoms with E-state index in [1.165, 1.54) is 36.4 Å². The molecule has 0 radical (unpaired) electrons. The summed E-state index contributed by atoms with van der Waals surface area (Å²) in [7, 11) is 0. The van der Waals surface area contributed by atoms with E-state index in [1.807, 2.05) is 0 Å². The largest absolute Gasteiger partial charge is 0.571 e. The van der Waals surface area contributed by atoms with E-state index in [-0.39, 0.29) is 34.1 Å². The standard InChI is InChI=1S/C42H48O24/c43-12-25-30(50)33(53)36(56)41(64-25)62-23-8-16(7-20(47)29(23)49)39-24(63-42-37(57)34(54)31(51)26(13-44)65-42)11-19-21(60-39)9-18(46)10-22(19)61-40-38(58)35(55)32(52)27(66-40)14-59-28(48)6-3-15-1-4-17(45)5-2-15/h1-11,25-27,30-47,49-58H,12-14H2/p+1. The molecule has 0 bridgehead atoms. The number of hydrogen-bond acceptors (Lipinski definition) is 23. The molecular formula is C42H49O24+. The molecule has 24 heteroatoms. The van der Waals surface area contributed by atoms with Crippen LogP contribution in [0.2, 0.25) is 0 Å². The molecule has 3 fully saturated rings. The zero-order valence-corrected chi connectivity index (χ0v) is 34.1. The molecule has 360 valence electrons. The Morgan fingerprint density at radius 2 is 1.14 bits per heavy atom. The Kier molecular flexibility index (Phi) is 14.8. The molecule has 4 aliphatic heterocycles. The number of rotatable bonds is 13. The summed E-state index contributed by atoms with van der Waals surface area (Å²) < 4.78 is 44.1. The first kappa shape index (κ1) is 48.4.